The average Bonchev–Trinajstić information content (AvgIpc) is 3.30. The fraction of sp³-hybridized carbons (Fsp3) is 0.778. The van der Waals surface area contributed by atoms with Crippen LogP contribution in [0.5, 0.6) is 0 Å². The molecule has 0 bridgehead atoms. The Morgan fingerprint density at radius 1 is 1.35 bits per heavy atom. The molecule has 2 saturated heterocycles. The molecule has 0 amide bonds. The molecule has 3 heterocycles. The molecule has 1 unspecified atom stereocenters. The molecular formula is C18H32IN5S2. The van der Waals surface area contributed by atoms with Crippen LogP contribution in [0, 0.1) is 5.92 Å². The van der Waals surface area contributed by atoms with E-state index in [1.807, 2.05) is 7.05 Å². The second-order valence-corrected chi connectivity index (χ2v) is 9.32. The highest BCUT2D eigenvalue weighted by Crippen LogP contribution is 2.25. The Bertz CT molecular complexity index is 572. The zero-order valence-electron chi connectivity index (χ0n) is 16.1. The summed E-state index contributed by atoms with van der Waals surface area (Å²) >= 11 is 3.89. The first-order chi connectivity index (χ1) is 12.2. The van der Waals surface area contributed by atoms with Gasteiger partial charge in [-0.2, -0.15) is 11.8 Å². The van der Waals surface area contributed by atoms with Crippen molar-refractivity contribution in [2.45, 2.75) is 38.4 Å². The second kappa shape index (κ2) is 10.9. The minimum Gasteiger partial charge on any atom is -0.356 e. The van der Waals surface area contributed by atoms with E-state index in [-0.39, 0.29) is 24.0 Å². The molecular weight excluding hydrogens is 477 g/mol. The monoisotopic (exact) mass is 509 g/mol. The Kier molecular flexibility index (Phi) is 9.29. The highest BCUT2D eigenvalue weighted by Gasteiger charge is 2.24. The van der Waals surface area contributed by atoms with E-state index < -0.39 is 0 Å². The topological polar surface area (TPSA) is 43.8 Å². The minimum absolute atomic E-state index is 0. The summed E-state index contributed by atoms with van der Waals surface area (Å²) in [5.41, 5.74) is 1.20. The van der Waals surface area contributed by atoms with E-state index in [0.717, 1.165) is 32.0 Å². The van der Waals surface area contributed by atoms with Crippen LogP contribution in [0.25, 0.3) is 0 Å². The number of hydrogen-bond donors (Lipinski definition) is 1. The van der Waals surface area contributed by atoms with Gasteiger partial charge < -0.3 is 15.1 Å². The Balaban J connectivity index is 0.00000243. The lowest BCUT2D eigenvalue weighted by molar-refractivity contribution is 0.381. The van der Waals surface area contributed by atoms with Crippen molar-refractivity contribution in [3.8, 4) is 0 Å². The summed E-state index contributed by atoms with van der Waals surface area (Å²) in [7, 11) is 1.89. The second-order valence-electron chi connectivity index (χ2n) is 7.14. The van der Waals surface area contributed by atoms with Gasteiger partial charge in [0, 0.05) is 62.6 Å². The van der Waals surface area contributed by atoms with Crippen molar-refractivity contribution in [3.05, 3.63) is 11.1 Å². The fourth-order valence-corrected chi connectivity index (χ4v) is 5.58. The Morgan fingerprint density at radius 2 is 2.12 bits per heavy atom. The smallest absolute Gasteiger partial charge is 0.193 e. The number of thioether (sulfide) groups is 1. The third-order valence-corrected chi connectivity index (χ3v) is 7.42. The number of nitrogens with one attached hydrogen (secondary N) is 1. The van der Waals surface area contributed by atoms with E-state index >= 15 is 0 Å². The Hall–Kier alpha value is -0.220. The number of nitrogens with zero attached hydrogens (tertiary/aromatic N) is 4. The Morgan fingerprint density at radius 3 is 2.81 bits per heavy atom. The van der Waals surface area contributed by atoms with Gasteiger partial charge in [0.05, 0.1) is 5.69 Å². The van der Waals surface area contributed by atoms with Gasteiger partial charge in [-0.1, -0.05) is 13.8 Å². The van der Waals surface area contributed by atoms with E-state index in [9.17, 15) is 0 Å². The molecule has 148 valence electrons. The predicted molar refractivity (Wildman–Crippen MR) is 127 cm³/mol. The maximum Gasteiger partial charge on any atom is 0.193 e. The Labute approximate surface area is 183 Å². The zero-order valence-corrected chi connectivity index (χ0v) is 20.1. The summed E-state index contributed by atoms with van der Waals surface area (Å²) < 4.78 is 0. The van der Waals surface area contributed by atoms with Crippen LogP contribution in [0.3, 0.4) is 0 Å². The molecule has 8 heteroatoms. The summed E-state index contributed by atoms with van der Waals surface area (Å²) in [5, 5.41) is 7.66. The van der Waals surface area contributed by atoms with Crippen molar-refractivity contribution in [3.63, 3.8) is 0 Å². The molecule has 1 atom stereocenters. The molecule has 2 aliphatic heterocycles. The number of rotatable bonds is 5. The van der Waals surface area contributed by atoms with E-state index in [4.69, 9.17) is 4.98 Å². The minimum atomic E-state index is 0. The summed E-state index contributed by atoms with van der Waals surface area (Å²) in [5.74, 6) is 2.94. The highest BCUT2D eigenvalue weighted by molar-refractivity contribution is 14.0. The van der Waals surface area contributed by atoms with Gasteiger partial charge in [0.15, 0.2) is 11.1 Å². The molecule has 1 N–H and O–H groups in total. The third-order valence-electron chi connectivity index (χ3n) is 4.93. The normalized spacial score (nSPS) is 21.2. The number of aliphatic imine (C=N–C) groups is 1. The number of thiazole rings is 1. The van der Waals surface area contributed by atoms with Gasteiger partial charge in [-0.3, -0.25) is 4.99 Å². The first-order valence-corrected chi connectivity index (χ1v) is 11.4. The van der Waals surface area contributed by atoms with Crippen molar-refractivity contribution < 1.29 is 0 Å². The molecule has 0 spiro atoms. The molecule has 1 aromatic heterocycles. The largest absolute Gasteiger partial charge is 0.356 e. The summed E-state index contributed by atoms with van der Waals surface area (Å²) in [6.45, 7) is 10.0. The zero-order chi connectivity index (χ0) is 17.6. The van der Waals surface area contributed by atoms with Crippen LogP contribution in [0.1, 0.15) is 32.4 Å². The van der Waals surface area contributed by atoms with Gasteiger partial charge in [-0.05, 0) is 18.8 Å². The van der Waals surface area contributed by atoms with E-state index in [1.165, 1.54) is 42.5 Å². The van der Waals surface area contributed by atoms with Crippen LogP contribution >= 0.6 is 47.1 Å². The molecule has 26 heavy (non-hydrogen) atoms. The van der Waals surface area contributed by atoms with Gasteiger partial charge in [0.2, 0.25) is 0 Å². The molecule has 3 rings (SSSR count). The van der Waals surface area contributed by atoms with Crippen LogP contribution in [0.2, 0.25) is 0 Å². The SMILES string of the molecule is CN=C(NCCc1csc(N2CCCC2)n1)N1CCSC(C(C)C)C1.I. The van der Waals surface area contributed by atoms with E-state index in [0.29, 0.717) is 11.2 Å². The lowest BCUT2D eigenvalue weighted by Crippen LogP contribution is -2.49. The van der Waals surface area contributed by atoms with Crippen LogP contribution in [-0.2, 0) is 6.42 Å². The van der Waals surface area contributed by atoms with Crippen molar-refractivity contribution in [2.24, 2.45) is 10.9 Å². The average molecular weight is 510 g/mol. The molecule has 5 nitrogen and oxygen atoms in total. The molecule has 2 aliphatic rings. The number of anilines is 1. The van der Waals surface area contributed by atoms with Crippen molar-refractivity contribution in [2.75, 3.05) is 50.4 Å². The van der Waals surface area contributed by atoms with Gasteiger partial charge in [-0.25, -0.2) is 4.98 Å². The molecule has 0 saturated carbocycles. The van der Waals surface area contributed by atoms with Crippen LogP contribution in [0.15, 0.2) is 10.4 Å². The summed E-state index contributed by atoms with van der Waals surface area (Å²) in [6, 6.07) is 0. The van der Waals surface area contributed by atoms with Gasteiger partial charge in [-0.15, -0.1) is 35.3 Å². The van der Waals surface area contributed by atoms with Crippen LogP contribution in [0.4, 0.5) is 5.13 Å². The van der Waals surface area contributed by atoms with Crippen molar-refractivity contribution >= 4 is 58.2 Å². The fourth-order valence-electron chi connectivity index (χ4n) is 3.37. The predicted octanol–water partition coefficient (Wildman–Crippen LogP) is 3.55. The molecule has 0 aliphatic carbocycles. The lowest BCUT2D eigenvalue weighted by Gasteiger charge is -2.36. The van der Waals surface area contributed by atoms with Gasteiger partial charge >= 0.3 is 0 Å². The quantitative estimate of drug-likeness (QED) is 0.374. The summed E-state index contributed by atoms with van der Waals surface area (Å²) in [4.78, 5) is 14.1. The van der Waals surface area contributed by atoms with E-state index in [2.05, 4.69) is 51.1 Å². The summed E-state index contributed by atoms with van der Waals surface area (Å²) in [6.07, 6.45) is 3.57. The third kappa shape index (κ3) is 5.89. The molecule has 0 aromatic carbocycles. The number of hydrogen-bond acceptors (Lipinski definition) is 5. The van der Waals surface area contributed by atoms with Gasteiger partial charge in [0.25, 0.3) is 0 Å². The van der Waals surface area contributed by atoms with Crippen LogP contribution in [-0.4, -0.2) is 66.6 Å². The molecule has 2 fully saturated rings. The highest BCUT2D eigenvalue weighted by atomic mass is 127. The van der Waals surface area contributed by atoms with Gasteiger partial charge in [0.1, 0.15) is 0 Å². The first-order valence-electron chi connectivity index (χ1n) is 9.44. The first kappa shape index (κ1) is 22.1. The number of guanidine groups is 1. The van der Waals surface area contributed by atoms with Crippen LogP contribution < -0.4 is 10.2 Å². The molecule has 1 aromatic rings. The maximum atomic E-state index is 4.81. The van der Waals surface area contributed by atoms with E-state index in [1.54, 1.807) is 11.3 Å². The lowest BCUT2D eigenvalue weighted by atomic mass is 10.1. The standard InChI is InChI=1S/C18H31N5S2.HI/c1-14(2)16-12-23(10-11-24-16)17(19-3)20-7-6-15-13-25-18(21-15)22-8-4-5-9-22;/h13-14,16H,4-12H2,1-3H3,(H,19,20);1H. The maximum absolute atomic E-state index is 4.81. The number of halogens is 1. The van der Waals surface area contributed by atoms with Crippen molar-refractivity contribution in [1.29, 1.82) is 0 Å². The number of aromatic nitrogens is 1. The molecule has 0 radical (unpaired) electrons. The van der Waals surface area contributed by atoms with Crippen molar-refractivity contribution in [1.82, 2.24) is 15.2 Å².